The van der Waals surface area contributed by atoms with Crippen LogP contribution in [0.25, 0.3) is 0 Å². The van der Waals surface area contributed by atoms with Gasteiger partial charge in [0.05, 0.1) is 0 Å². The minimum atomic E-state index is 0.537. The van der Waals surface area contributed by atoms with Crippen LogP contribution in [-0.4, -0.2) is 18.1 Å². The molecule has 1 rings (SSSR count). The molecule has 0 radical (unpaired) electrons. The Morgan fingerprint density at radius 2 is 2.00 bits per heavy atom. The van der Waals surface area contributed by atoms with Crippen LogP contribution >= 0.6 is 11.8 Å². The number of benzene rings is 1. The highest BCUT2D eigenvalue weighted by molar-refractivity contribution is 7.99. The molecule has 0 aliphatic rings. The number of hydrogen-bond donors (Lipinski definition) is 1. The SMILES string of the molecule is CCSCCC(CN)c1ccccc1. The van der Waals surface area contributed by atoms with Gasteiger partial charge in [0.2, 0.25) is 0 Å². The topological polar surface area (TPSA) is 26.0 Å². The van der Waals surface area contributed by atoms with Crippen molar-refractivity contribution in [3.63, 3.8) is 0 Å². The van der Waals surface area contributed by atoms with Gasteiger partial charge in [-0.1, -0.05) is 37.3 Å². The van der Waals surface area contributed by atoms with E-state index in [1.807, 2.05) is 11.8 Å². The highest BCUT2D eigenvalue weighted by Gasteiger charge is 2.07. The molecule has 2 heteroatoms. The predicted molar refractivity (Wildman–Crippen MR) is 65.9 cm³/mol. The van der Waals surface area contributed by atoms with Crippen LogP contribution < -0.4 is 5.73 Å². The summed E-state index contributed by atoms with van der Waals surface area (Å²) in [6, 6.07) is 10.6. The zero-order valence-corrected chi connectivity index (χ0v) is 9.59. The zero-order valence-electron chi connectivity index (χ0n) is 8.78. The molecule has 0 saturated heterocycles. The maximum atomic E-state index is 5.78. The lowest BCUT2D eigenvalue weighted by Crippen LogP contribution is -2.13. The summed E-state index contributed by atoms with van der Waals surface area (Å²) in [6.07, 6.45) is 1.19. The Hall–Kier alpha value is -0.470. The molecule has 0 bridgehead atoms. The number of nitrogens with two attached hydrogens (primary N) is 1. The van der Waals surface area contributed by atoms with Crippen LogP contribution in [0.1, 0.15) is 24.8 Å². The fraction of sp³-hybridized carbons (Fsp3) is 0.500. The van der Waals surface area contributed by atoms with Gasteiger partial charge in [-0.05, 0) is 36.0 Å². The van der Waals surface area contributed by atoms with Crippen molar-refractivity contribution in [2.75, 3.05) is 18.1 Å². The molecule has 14 heavy (non-hydrogen) atoms. The smallest absolute Gasteiger partial charge is 0.000794 e. The number of rotatable bonds is 6. The molecule has 0 heterocycles. The van der Waals surface area contributed by atoms with E-state index in [4.69, 9.17) is 5.73 Å². The van der Waals surface area contributed by atoms with Crippen molar-refractivity contribution in [1.82, 2.24) is 0 Å². The van der Waals surface area contributed by atoms with Crippen molar-refractivity contribution in [2.45, 2.75) is 19.3 Å². The molecule has 2 N–H and O–H groups in total. The molecule has 0 fully saturated rings. The predicted octanol–water partition coefficient (Wildman–Crippen LogP) is 2.87. The van der Waals surface area contributed by atoms with E-state index in [0.29, 0.717) is 5.92 Å². The van der Waals surface area contributed by atoms with Gasteiger partial charge < -0.3 is 5.73 Å². The molecule has 0 aliphatic carbocycles. The molecule has 1 atom stereocenters. The van der Waals surface area contributed by atoms with Gasteiger partial charge in [0.25, 0.3) is 0 Å². The van der Waals surface area contributed by atoms with E-state index >= 15 is 0 Å². The second-order valence-corrected chi connectivity index (χ2v) is 4.72. The fourth-order valence-corrected chi connectivity index (χ4v) is 2.26. The normalized spacial score (nSPS) is 12.7. The summed E-state index contributed by atoms with van der Waals surface area (Å²) in [6.45, 7) is 2.96. The summed E-state index contributed by atoms with van der Waals surface area (Å²) >= 11 is 1.99. The fourth-order valence-electron chi connectivity index (χ4n) is 1.52. The van der Waals surface area contributed by atoms with Gasteiger partial charge in [-0.25, -0.2) is 0 Å². The summed E-state index contributed by atoms with van der Waals surface area (Å²) in [7, 11) is 0. The third kappa shape index (κ3) is 3.72. The van der Waals surface area contributed by atoms with Crippen LogP contribution in [0.4, 0.5) is 0 Å². The van der Waals surface area contributed by atoms with Gasteiger partial charge in [-0.3, -0.25) is 0 Å². The Morgan fingerprint density at radius 1 is 1.29 bits per heavy atom. The van der Waals surface area contributed by atoms with Crippen LogP contribution in [0.5, 0.6) is 0 Å². The first kappa shape index (κ1) is 11.6. The molecule has 1 aromatic carbocycles. The van der Waals surface area contributed by atoms with Crippen molar-refractivity contribution in [3.8, 4) is 0 Å². The molecule has 0 spiro atoms. The molecular formula is C12H19NS. The first-order valence-electron chi connectivity index (χ1n) is 5.21. The molecule has 1 unspecified atom stereocenters. The van der Waals surface area contributed by atoms with E-state index in [2.05, 4.69) is 37.3 Å². The van der Waals surface area contributed by atoms with Gasteiger partial charge in [0, 0.05) is 0 Å². The van der Waals surface area contributed by atoms with Gasteiger partial charge in [0.15, 0.2) is 0 Å². The van der Waals surface area contributed by atoms with E-state index in [9.17, 15) is 0 Å². The second kappa shape index (κ2) is 6.91. The second-order valence-electron chi connectivity index (χ2n) is 3.33. The van der Waals surface area contributed by atoms with Gasteiger partial charge in [0.1, 0.15) is 0 Å². The van der Waals surface area contributed by atoms with Crippen molar-refractivity contribution < 1.29 is 0 Å². The van der Waals surface area contributed by atoms with E-state index in [-0.39, 0.29) is 0 Å². The Bertz CT molecular complexity index is 235. The summed E-state index contributed by atoms with van der Waals surface area (Å²) in [5.41, 5.74) is 7.16. The molecule has 1 nitrogen and oxygen atoms in total. The maximum Gasteiger partial charge on any atom is -0.000794 e. The Morgan fingerprint density at radius 3 is 2.57 bits per heavy atom. The number of hydrogen-bond acceptors (Lipinski definition) is 2. The van der Waals surface area contributed by atoms with E-state index in [1.54, 1.807) is 0 Å². The molecule has 1 aromatic rings. The Kier molecular flexibility index (Phi) is 5.72. The molecule has 0 amide bonds. The largest absolute Gasteiger partial charge is 0.330 e. The molecule has 78 valence electrons. The monoisotopic (exact) mass is 209 g/mol. The van der Waals surface area contributed by atoms with Gasteiger partial charge in [-0.2, -0.15) is 11.8 Å². The molecule has 0 aliphatic heterocycles. The van der Waals surface area contributed by atoms with Crippen molar-refractivity contribution in [3.05, 3.63) is 35.9 Å². The van der Waals surface area contributed by atoms with Crippen LogP contribution in [0, 0.1) is 0 Å². The molecule has 0 aromatic heterocycles. The third-order valence-corrected chi connectivity index (χ3v) is 3.30. The zero-order chi connectivity index (χ0) is 10.2. The summed E-state index contributed by atoms with van der Waals surface area (Å²) in [5, 5.41) is 0. The lowest BCUT2D eigenvalue weighted by molar-refractivity contribution is 0.680. The van der Waals surface area contributed by atoms with E-state index in [0.717, 1.165) is 6.54 Å². The Balaban J connectivity index is 2.46. The van der Waals surface area contributed by atoms with E-state index in [1.165, 1.54) is 23.5 Å². The average molecular weight is 209 g/mol. The van der Waals surface area contributed by atoms with Crippen LogP contribution in [0.15, 0.2) is 30.3 Å². The van der Waals surface area contributed by atoms with E-state index < -0.39 is 0 Å². The highest BCUT2D eigenvalue weighted by Crippen LogP contribution is 2.20. The van der Waals surface area contributed by atoms with Gasteiger partial charge in [-0.15, -0.1) is 0 Å². The van der Waals surface area contributed by atoms with Crippen LogP contribution in [0.2, 0.25) is 0 Å². The third-order valence-electron chi connectivity index (χ3n) is 2.37. The summed E-state index contributed by atoms with van der Waals surface area (Å²) < 4.78 is 0. The first-order chi connectivity index (χ1) is 6.88. The Labute approximate surface area is 91.1 Å². The first-order valence-corrected chi connectivity index (χ1v) is 6.36. The quantitative estimate of drug-likeness (QED) is 0.729. The maximum absolute atomic E-state index is 5.78. The van der Waals surface area contributed by atoms with Gasteiger partial charge >= 0.3 is 0 Å². The van der Waals surface area contributed by atoms with Crippen LogP contribution in [0.3, 0.4) is 0 Å². The lowest BCUT2D eigenvalue weighted by Gasteiger charge is -2.14. The lowest BCUT2D eigenvalue weighted by atomic mass is 9.97. The van der Waals surface area contributed by atoms with Crippen molar-refractivity contribution >= 4 is 11.8 Å². The summed E-state index contributed by atoms with van der Waals surface area (Å²) in [4.78, 5) is 0. The average Bonchev–Trinajstić information content (AvgIpc) is 2.26. The highest BCUT2D eigenvalue weighted by atomic mass is 32.2. The van der Waals surface area contributed by atoms with Crippen molar-refractivity contribution in [2.24, 2.45) is 5.73 Å². The minimum Gasteiger partial charge on any atom is -0.330 e. The number of thioether (sulfide) groups is 1. The standard InChI is InChI=1S/C12H19NS/c1-2-14-9-8-12(10-13)11-6-4-3-5-7-11/h3-7,12H,2,8-10,13H2,1H3. The minimum absolute atomic E-state index is 0.537. The molecule has 0 saturated carbocycles. The summed E-state index contributed by atoms with van der Waals surface area (Å²) in [5.74, 6) is 2.95. The van der Waals surface area contributed by atoms with Crippen LogP contribution in [-0.2, 0) is 0 Å². The molecular weight excluding hydrogens is 190 g/mol. The van der Waals surface area contributed by atoms with Crippen molar-refractivity contribution in [1.29, 1.82) is 0 Å².